The lowest BCUT2D eigenvalue weighted by molar-refractivity contribution is -0.146. The highest BCUT2D eigenvalue weighted by molar-refractivity contribution is 9.11. The number of carboxylic acid groups (broad SMARTS) is 1. The van der Waals surface area contributed by atoms with Crippen LogP contribution in [0.15, 0.2) is 15.9 Å². The Morgan fingerprint density at radius 2 is 2.40 bits per heavy atom. The van der Waals surface area contributed by atoms with Gasteiger partial charge in [-0.15, -0.1) is 11.3 Å². The van der Waals surface area contributed by atoms with Crippen LogP contribution in [0.2, 0.25) is 0 Å². The molecular weight excluding hydrogens is 282 g/mol. The summed E-state index contributed by atoms with van der Waals surface area (Å²) >= 11 is 4.58. The van der Waals surface area contributed by atoms with E-state index >= 15 is 0 Å². The minimum atomic E-state index is -1.02. The molecule has 0 aromatic carbocycles. The van der Waals surface area contributed by atoms with E-state index in [0.29, 0.717) is 17.8 Å². The van der Waals surface area contributed by atoms with Gasteiger partial charge in [0.25, 0.3) is 0 Å². The van der Waals surface area contributed by atoms with E-state index in [1.807, 2.05) is 0 Å². The first kappa shape index (κ1) is 12.2. The van der Waals surface area contributed by atoms with Crippen LogP contribution in [0.25, 0.3) is 0 Å². The average Bonchev–Trinajstić information content (AvgIpc) is 2.59. The topological polar surface area (TPSA) is 57.6 Å². The summed E-state index contributed by atoms with van der Waals surface area (Å²) in [5.74, 6) is -1.02. The van der Waals surface area contributed by atoms with Gasteiger partial charge in [-0.05, 0) is 35.0 Å². The van der Waals surface area contributed by atoms with Gasteiger partial charge in [0.2, 0.25) is 6.41 Å². The minimum Gasteiger partial charge on any atom is -0.479 e. The van der Waals surface area contributed by atoms with E-state index in [4.69, 9.17) is 5.11 Å². The van der Waals surface area contributed by atoms with Crippen molar-refractivity contribution in [2.75, 3.05) is 6.54 Å². The molecule has 0 aliphatic carbocycles. The Morgan fingerprint density at radius 1 is 1.73 bits per heavy atom. The van der Waals surface area contributed by atoms with Gasteiger partial charge in [-0.2, -0.15) is 0 Å². The molecule has 0 saturated carbocycles. The van der Waals surface area contributed by atoms with Crippen LogP contribution in [0.3, 0.4) is 0 Å². The number of hydrogen-bond donors (Lipinski definition) is 1. The standard InChI is InChI=1S/C9H10BrNO3S/c1-2-11(5-12)8(9(13)14)6-3-4-7(10)15-6/h3-5,8H,2H2,1H3,(H,13,14). The van der Waals surface area contributed by atoms with Gasteiger partial charge in [-0.1, -0.05) is 0 Å². The van der Waals surface area contributed by atoms with Crippen LogP contribution in [0.5, 0.6) is 0 Å². The second kappa shape index (κ2) is 5.27. The largest absolute Gasteiger partial charge is 0.479 e. The third-order valence-corrected chi connectivity index (χ3v) is 3.61. The second-order valence-electron chi connectivity index (χ2n) is 2.82. The normalized spacial score (nSPS) is 12.1. The Hall–Kier alpha value is -0.880. The lowest BCUT2D eigenvalue weighted by atomic mass is 10.2. The molecule has 0 aliphatic rings. The van der Waals surface area contributed by atoms with Gasteiger partial charge in [0.1, 0.15) is 0 Å². The molecule has 1 heterocycles. The number of amides is 1. The maximum Gasteiger partial charge on any atom is 0.331 e. The van der Waals surface area contributed by atoms with Crippen molar-refractivity contribution >= 4 is 39.6 Å². The Labute approximate surface area is 99.6 Å². The van der Waals surface area contributed by atoms with Crippen LogP contribution < -0.4 is 0 Å². The van der Waals surface area contributed by atoms with E-state index in [1.54, 1.807) is 19.1 Å². The third kappa shape index (κ3) is 2.79. The molecule has 0 fully saturated rings. The van der Waals surface area contributed by atoms with Crippen LogP contribution in [-0.4, -0.2) is 28.9 Å². The lowest BCUT2D eigenvalue weighted by Crippen LogP contribution is -2.32. The van der Waals surface area contributed by atoms with Crippen molar-refractivity contribution in [3.63, 3.8) is 0 Å². The number of hydrogen-bond acceptors (Lipinski definition) is 3. The minimum absolute atomic E-state index is 0.371. The molecule has 0 saturated heterocycles. The molecule has 15 heavy (non-hydrogen) atoms. The van der Waals surface area contributed by atoms with Crippen LogP contribution in [0, 0.1) is 0 Å². The van der Waals surface area contributed by atoms with E-state index in [9.17, 15) is 9.59 Å². The number of halogens is 1. The summed E-state index contributed by atoms with van der Waals surface area (Å²) in [7, 11) is 0. The molecule has 1 unspecified atom stereocenters. The zero-order chi connectivity index (χ0) is 11.4. The third-order valence-electron chi connectivity index (χ3n) is 1.93. The first-order chi connectivity index (χ1) is 7.10. The molecular formula is C9H10BrNO3S. The summed E-state index contributed by atoms with van der Waals surface area (Å²) in [5, 5.41) is 9.06. The van der Waals surface area contributed by atoms with Crippen molar-refractivity contribution in [2.24, 2.45) is 0 Å². The Morgan fingerprint density at radius 3 is 2.73 bits per heavy atom. The monoisotopic (exact) mass is 291 g/mol. The number of likely N-dealkylation sites (N-methyl/N-ethyl adjacent to an activating group) is 1. The fourth-order valence-electron chi connectivity index (χ4n) is 1.22. The highest BCUT2D eigenvalue weighted by Crippen LogP contribution is 2.30. The van der Waals surface area contributed by atoms with Gasteiger partial charge < -0.3 is 10.0 Å². The van der Waals surface area contributed by atoms with Gasteiger partial charge in [-0.25, -0.2) is 4.79 Å². The van der Waals surface area contributed by atoms with Gasteiger partial charge in [-0.3, -0.25) is 4.79 Å². The molecule has 4 nitrogen and oxygen atoms in total. The molecule has 1 N–H and O–H groups in total. The zero-order valence-electron chi connectivity index (χ0n) is 8.01. The quantitative estimate of drug-likeness (QED) is 0.846. The molecule has 0 bridgehead atoms. The van der Waals surface area contributed by atoms with Crippen LogP contribution in [-0.2, 0) is 9.59 Å². The fraction of sp³-hybridized carbons (Fsp3) is 0.333. The Kier molecular flexibility index (Phi) is 4.28. The van der Waals surface area contributed by atoms with Gasteiger partial charge in [0.15, 0.2) is 6.04 Å². The highest BCUT2D eigenvalue weighted by atomic mass is 79.9. The number of carbonyl (C=O) groups excluding carboxylic acids is 1. The molecule has 82 valence electrons. The molecule has 1 amide bonds. The van der Waals surface area contributed by atoms with Crippen molar-refractivity contribution in [3.8, 4) is 0 Å². The van der Waals surface area contributed by atoms with Crippen molar-refractivity contribution < 1.29 is 14.7 Å². The summed E-state index contributed by atoms with van der Waals surface area (Å²) < 4.78 is 0.853. The molecule has 0 radical (unpaired) electrons. The van der Waals surface area contributed by atoms with Crippen molar-refractivity contribution in [3.05, 3.63) is 20.8 Å². The predicted octanol–water partition coefficient (Wildman–Crippen LogP) is 2.11. The summed E-state index contributed by atoms with van der Waals surface area (Å²) in [4.78, 5) is 23.7. The number of thiophene rings is 1. The number of aliphatic carboxylic acids is 1. The van der Waals surface area contributed by atoms with E-state index in [2.05, 4.69) is 15.9 Å². The Bertz CT molecular complexity index is 366. The lowest BCUT2D eigenvalue weighted by Gasteiger charge is -2.22. The summed E-state index contributed by atoms with van der Waals surface area (Å²) in [6.07, 6.45) is 0.562. The SMILES string of the molecule is CCN(C=O)C(C(=O)O)c1ccc(Br)s1. The summed E-state index contributed by atoms with van der Waals surface area (Å²) in [5.41, 5.74) is 0. The van der Waals surface area contributed by atoms with Crippen molar-refractivity contribution in [2.45, 2.75) is 13.0 Å². The fourth-order valence-corrected chi connectivity index (χ4v) is 2.76. The van der Waals surface area contributed by atoms with Crippen molar-refractivity contribution in [1.82, 2.24) is 4.90 Å². The maximum absolute atomic E-state index is 11.1. The van der Waals surface area contributed by atoms with Crippen molar-refractivity contribution in [1.29, 1.82) is 0 Å². The van der Waals surface area contributed by atoms with E-state index in [1.165, 1.54) is 16.2 Å². The molecule has 1 atom stereocenters. The summed E-state index contributed by atoms with van der Waals surface area (Å²) in [6.45, 7) is 2.11. The second-order valence-corrected chi connectivity index (χ2v) is 5.31. The molecule has 1 rings (SSSR count). The van der Waals surface area contributed by atoms with Crippen LogP contribution >= 0.6 is 27.3 Å². The number of rotatable bonds is 5. The Balaban J connectivity index is 3.02. The first-order valence-electron chi connectivity index (χ1n) is 4.29. The van der Waals surface area contributed by atoms with Gasteiger partial charge >= 0.3 is 5.97 Å². The smallest absolute Gasteiger partial charge is 0.331 e. The molecule has 0 spiro atoms. The number of carboxylic acids is 1. The maximum atomic E-state index is 11.1. The van der Waals surface area contributed by atoms with E-state index in [0.717, 1.165) is 3.79 Å². The average molecular weight is 292 g/mol. The van der Waals surface area contributed by atoms with Gasteiger partial charge in [0.05, 0.1) is 3.79 Å². The zero-order valence-corrected chi connectivity index (χ0v) is 10.4. The summed E-state index contributed by atoms with van der Waals surface area (Å²) in [6, 6.07) is 2.60. The van der Waals surface area contributed by atoms with Gasteiger partial charge in [0, 0.05) is 11.4 Å². The van der Waals surface area contributed by atoms with Crippen LogP contribution in [0.4, 0.5) is 0 Å². The number of nitrogens with zero attached hydrogens (tertiary/aromatic N) is 1. The predicted molar refractivity (Wildman–Crippen MR) is 60.8 cm³/mol. The van der Waals surface area contributed by atoms with E-state index < -0.39 is 12.0 Å². The molecule has 6 heteroatoms. The molecule has 0 aliphatic heterocycles. The highest BCUT2D eigenvalue weighted by Gasteiger charge is 2.26. The van der Waals surface area contributed by atoms with Crippen LogP contribution in [0.1, 0.15) is 17.8 Å². The number of carbonyl (C=O) groups is 2. The molecule has 1 aromatic heterocycles. The molecule has 1 aromatic rings. The van der Waals surface area contributed by atoms with E-state index in [-0.39, 0.29) is 0 Å². The first-order valence-corrected chi connectivity index (χ1v) is 5.90.